The Balaban J connectivity index is 1.90. The molecule has 0 bridgehead atoms. The fourth-order valence-electron chi connectivity index (χ4n) is 3.38. The van der Waals surface area contributed by atoms with Crippen LogP contribution in [-0.2, 0) is 14.8 Å². The standard InChI is InChI=1S/C21H24BrN3O4S/c1-14-6-7-16(12-20(14)30(28,29)25-10-4-3-5-11-25)21(27)24-19-13-17(22)8-9-18(19)23-15(2)26/h6-9,12-13H,3-5,10-11H2,1-2H3,(H,23,26)(H,24,27). The summed E-state index contributed by atoms with van der Waals surface area (Å²) < 4.78 is 28.4. The molecule has 1 aliphatic rings. The van der Waals surface area contributed by atoms with E-state index in [0.29, 0.717) is 30.0 Å². The van der Waals surface area contributed by atoms with Crippen LogP contribution in [0.1, 0.15) is 42.1 Å². The van der Waals surface area contributed by atoms with Crippen LogP contribution >= 0.6 is 15.9 Å². The van der Waals surface area contributed by atoms with Crippen molar-refractivity contribution in [3.05, 3.63) is 52.0 Å². The number of sulfonamides is 1. The average Bonchev–Trinajstić information content (AvgIpc) is 2.70. The minimum absolute atomic E-state index is 0.147. The molecule has 2 N–H and O–H groups in total. The first-order valence-electron chi connectivity index (χ1n) is 9.68. The van der Waals surface area contributed by atoms with Crippen LogP contribution < -0.4 is 10.6 Å². The number of hydrogen-bond acceptors (Lipinski definition) is 4. The van der Waals surface area contributed by atoms with Crippen LogP contribution in [0.25, 0.3) is 0 Å². The van der Waals surface area contributed by atoms with Crippen LogP contribution in [0.3, 0.4) is 0 Å². The van der Waals surface area contributed by atoms with E-state index < -0.39 is 15.9 Å². The van der Waals surface area contributed by atoms with E-state index in [9.17, 15) is 18.0 Å². The largest absolute Gasteiger partial charge is 0.325 e. The van der Waals surface area contributed by atoms with Gasteiger partial charge in [0.05, 0.1) is 16.3 Å². The van der Waals surface area contributed by atoms with Crippen molar-refractivity contribution in [2.45, 2.75) is 38.0 Å². The number of piperidine rings is 1. The predicted octanol–water partition coefficient (Wildman–Crippen LogP) is 4.14. The molecule has 2 amide bonds. The summed E-state index contributed by atoms with van der Waals surface area (Å²) in [5, 5.41) is 5.43. The average molecular weight is 494 g/mol. The van der Waals surface area contributed by atoms with Crippen molar-refractivity contribution in [3.63, 3.8) is 0 Å². The first-order valence-corrected chi connectivity index (χ1v) is 11.9. The quantitative estimate of drug-likeness (QED) is 0.653. The minimum Gasteiger partial charge on any atom is -0.325 e. The number of benzene rings is 2. The molecule has 2 aromatic carbocycles. The van der Waals surface area contributed by atoms with Crippen LogP contribution in [0, 0.1) is 6.92 Å². The maximum absolute atomic E-state index is 13.1. The fourth-order valence-corrected chi connectivity index (χ4v) is 5.51. The van der Waals surface area contributed by atoms with Crippen LogP contribution in [0.4, 0.5) is 11.4 Å². The van der Waals surface area contributed by atoms with Gasteiger partial charge < -0.3 is 10.6 Å². The first kappa shape index (κ1) is 22.5. The summed E-state index contributed by atoms with van der Waals surface area (Å²) in [4.78, 5) is 24.5. The van der Waals surface area contributed by atoms with E-state index in [1.54, 1.807) is 37.3 Å². The number of hydrogen-bond donors (Lipinski definition) is 2. The summed E-state index contributed by atoms with van der Waals surface area (Å²) in [6.45, 7) is 4.10. The lowest BCUT2D eigenvalue weighted by molar-refractivity contribution is -0.114. The SMILES string of the molecule is CC(=O)Nc1ccc(Br)cc1NC(=O)c1ccc(C)c(S(=O)(=O)N2CCCCC2)c1. The van der Waals surface area contributed by atoms with Gasteiger partial charge in [-0.3, -0.25) is 9.59 Å². The van der Waals surface area contributed by atoms with Gasteiger partial charge in [-0.25, -0.2) is 8.42 Å². The zero-order valence-corrected chi connectivity index (χ0v) is 19.3. The Kier molecular flexibility index (Phi) is 6.95. The number of amides is 2. The molecule has 9 heteroatoms. The van der Waals surface area contributed by atoms with Gasteiger partial charge in [-0.2, -0.15) is 4.31 Å². The highest BCUT2D eigenvalue weighted by atomic mass is 79.9. The maximum atomic E-state index is 13.1. The molecular formula is C21H24BrN3O4S. The van der Waals surface area contributed by atoms with Crippen molar-refractivity contribution in [1.29, 1.82) is 0 Å². The van der Waals surface area contributed by atoms with Crippen molar-refractivity contribution >= 4 is 49.1 Å². The summed E-state index contributed by atoms with van der Waals surface area (Å²) in [6.07, 6.45) is 2.71. The van der Waals surface area contributed by atoms with E-state index in [1.807, 2.05) is 0 Å². The maximum Gasteiger partial charge on any atom is 0.255 e. The Morgan fingerprint density at radius 3 is 2.33 bits per heavy atom. The van der Waals surface area contributed by atoms with Crippen molar-refractivity contribution in [3.8, 4) is 0 Å². The Morgan fingerprint density at radius 1 is 0.967 bits per heavy atom. The molecule has 1 aliphatic heterocycles. The lowest BCUT2D eigenvalue weighted by Crippen LogP contribution is -2.36. The number of anilines is 2. The molecule has 30 heavy (non-hydrogen) atoms. The highest BCUT2D eigenvalue weighted by Gasteiger charge is 2.28. The van der Waals surface area contributed by atoms with E-state index in [0.717, 1.165) is 23.7 Å². The molecule has 2 aromatic rings. The molecule has 1 fully saturated rings. The fraction of sp³-hybridized carbons (Fsp3) is 0.333. The van der Waals surface area contributed by atoms with E-state index in [4.69, 9.17) is 0 Å². The normalized spacial score (nSPS) is 14.9. The highest BCUT2D eigenvalue weighted by Crippen LogP contribution is 2.28. The predicted molar refractivity (Wildman–Crippen MR) is 120 cm³/mol. The Morgan fingerprint density at radius 2 is 1.67 bits per heavy atom. The second-order valence-electron chi connectivity index (χ2n) is 7.27. The summed E-state index contributed by atoms with van der Waals surface area (Å²) in [5.74, 6) is -0.729. The third-order valence-electron chi connectivity index (χ3n) is 4.92. The van der Waals surface area contributed by atoms with Crippen molar-refractivity contribution in [1.82, 2.24) is 4.31 Å². The summed E-state index contributed by atoms with van der Waals surface area (Å²) >= 11 is 3.35. The molecule has 0 atom stereocenters. The number of carbonyl (C=O) groups is 2. The van der Waals surface area contributed by atoms with Crippen molar-refractivity contribution in [2.75, 3.05) is 23.7 Å². The van der Waals surface area contributed by atoms with Crippen molar-refractivity contribution in [2.24, 2.45) is 0 Å². The summed E-state index contributed by atoms with van der Waals surface area (Å²) in [7, 11) is -3.66. The number of nitrogens with one attached hydrogen (secondary N) is 2. The van der Waals surface area contributed by atoms with Gasteiger partial charge in [0.2, 0.25) is 15.9 Å². The lowest BCUT2D eigenvalue weighted by atomic mass is 10.1. The Hall–Kier alpha value is -2.23. The van der Waals surface area contributed by atoms with Gasteiger partial charge in [-0.1, -0.05) is 28.4 Å². The lowest BCUT2D eigenvalue weighted by Gasteiger charge is -2.26. The molecule has 0 saturated carbocycles. The van der Waals surface area contributed by atoms with Crippen molar-refractivity contribution < 1.29 is 18.0 Å². The third kappa shape index (κ3) is 5.08. The first-order chi connectivity index (χ1) is 14.2. The van der Waals surface area contributed by atoms with E-state index in [1.165, 1.54) is 17.3 Å². The van der Waals surface area contributed by atoms with Gasteiger partial charge in [0.25, 0.3) is 5.91 Å². The van der Waals surface area contributed by atoms with Gasteiger partial charge in [-0.05, 0) is 55.7 Å². The molecule has 3 rings (SSSR count). The van der Waals surface area contributed by atoms with Crippen LogP contribution in [0.15, 0.2) is 45.8 Å². The number of halogens is 1. The molecule has 0 aliphatic carbocycles. The summed E-state index contributed by atoms with van der Waals surface area (Å²) in [5.41, 5.74) is 1.68. The van der Waals surface area contributed by atoms with Gasteiger partial charge in [0.15, 0.2) is 0 Å². The third-order valence-corrected chi connectivity index (χ3v) is 7.46. The summed E-state index contributed by atoms with van der Waals surface area (Å²) in [6, 6.07) is 9.74. The van der Waals surface area contributed by atoms with Crippen LogP contribution in [0.2, 0.25) is 0 Å². The van der Waals surface area contributed by atoms with E-state index in [2.05, 4.69) is 26.6 Å². The number of nitrogens with zero attached hydrogens (tertiary/aromatic N) is 1. The zero-order valence-electron chi connectivity index (χ0n) is 16.9. The number of aryl methyl sites for hydroxylation is 1. The second kappa shape index (κ2) is 9.28. The Bertz CT molecular complexity index is 1080. The van der Waals surface area contributed by atoms with Gasteiger partial charge in [-0.15, -0.1) is 0 Å². The molecule has 0 aromatic heterocycles. The highest BCUT2D eigenvalue weighted by molar-refractivity contribution is 9.10. The van der Waals surface area contributed by atoms with Gasteiger partial charge >= 0.3 is 0 Å². The molecular weight excluding hydrogens is 470 g/mol. The molecule has 0 spiro atoms. The van der Waals surface area contributed by atoms with E-state index >= 15 is 0 Å². The molecule has 1 saturated heterocycles. The molecule has 0 radical (unpaired) electrons. The van der Waals surface area contributed by atoms with Gasteiger partial charge in [0.1, 0.15) is 0 Å². The zero-order chi connectivity index (χ0) is 21.9. The van der Waals surface area contributed by atoms with Gasteiger partial charge in [0, 0.05) is 30.0 Å². The molecule has 7 nitrogen and oxygen atoms in total. The topological polar surface area (TPSA) is 95.6 Å². The molecule has 160 valence electrons. The van der Waals surface area contributed by atoms with Crippen LogP contribution in [0.5, 0.6) is 0 Å². The minimum atomic E-state index is -3.66. The number of carbonyl (C=O) groups excluding carboxylic acids is 2. The second-order valence-corrected chi connectivity index (χ2v) is 10.1. The monoisotopic (exact) mass is 493 g/mol. The number of rotatable bonds is 5. The smallest absolute Gasteiger partial charge is 0.255 e. The molecule has 0 unspecified atom stereocenters. The van der Waals surface area contributed by atoms with Crippen LogP contribution in [-0.4, -0.2) is 37.6 Å². The molecule has 1 heterocycles. The van der Waals surface area contributed by atoms with E-state index in [-0.39, 0.29) is 16.4 Å². The Labute approximate surface area is 185 Å².